The molecule has 0 radical (unpaired) electrons. The number of rotatable bonds is 6. The van der Waals surface area contributed by atoms with Crippen molar-refractivity contribution in [3.63, 3.8) is 0 Å². The zero-order chi connectivity index (χ0) is 17.5. The van der Waals surface area contributed by atoms with Crippen molar-refractivity contribution in [1.29, 1.82) is 0 Å². The Labute approximate surface area is 150 Å². The molecule has 0 saturated carbocycles. The summed E-state index contributed by atoms with van der Waals surface area (Å²) in [5.74, 6) is -0.594. The summed E-state index contributed by atoms with van der Waals surface area (Å²) in [6.07, 6.45) is 0. The van der Waals surface area contributed by atoms with E-state index in [2.05, 4.69) is 5.32 Å². The van der Waals surface area contributed by atoms with Crippen molar-refractivity contribution in [3.8, 4) is 0 Å². The van der Waals surface area contributed by atoms with Crippen LogP contribution in [0.1, 0.15) is 0 Å². The predicted octanol–water partition coefficient (Wildman–Crippen LogP) is 4.11. The minimum atomic E-state index is -0.414. The van der Waals surface area contributed by atoms with E-state index in [0.717, 1.165) is 15.7 Å². The number of benzene rings is 3. The van der Waals surface area contributed by atoms with Gasteiger partial charge in [-0.3, -0.25) is 9.59 Å². The third-order valence-corrected chi connectivity index (χ3v) is 4.48. The molecule has 0 spiro atoms. The summed E-state index contributed by atoms with van der Waals surface area (Å²) in [7, 11) is 0. The van der Waals surface area contributed by atoms with Crippen molar-refractivity contribution < 1.29 is 14.3 Å². The summed E-state index contributed by atoms with van der Waals surface area (Å²) in [6.45, 7) is -0.291. The summed E-state index contributed by atoms with van der Waals surface area (Å²) in [6, 6.07) is 23.1. The molecule has 0 aromatic heterocycles. The lowest BCUT2D eigenvalue weighted by atomic mass is 10.1. The van der Waals surface area contributed by atoms with Gasteiger partial charge < -0.3 is 10.1 Å². The maximum absolute atomic E-state index is 11.9. The van der Waals surface area contributed by atoms with Crippen LogP contribution in [0, 0.1) is 0 Å². The maximum Gasteiger partial charge on any atom is 0.316 e. The minimum absolute atomic E-state index is 0.174. The van der Waals surface area contributed by atoms with E-state index in [1.807, 2.05) is 72.8 Å². The Morgan fingerprint density at radius 1 is 0.880 bits per heavy atom. The monoisotopic (exact) mass is 351 g/mol. The topological polar surface area (TPSA) is 55.4 Å². The van der Waals surface area contributed by atoms with Gasteiger partial charge in [-0.1, -0.05) is 48.5 Å². The molecule has 126 valence electrons. The molecule has 3 aromatic rings. The quantitative estimate of drug-likeness (QED) is 0.536. The number of amides is 1. The molecule has 5 heteroatoms. The van der Waals surface area contributed by atoms with Crippen molar-refractivity contribution in [2.75, 3.05) is 17.7 Å². The lowest BCUT2D eigenvalue weighted by Gasteiger charge is -2.07. The summed E-state index contributed by atoms with van der Waals surface area (Å²) < 4.78 is 5.01. The summed E-state index contributed by atoms with van der Waals surface area (Å²) in [5.41, 5.74) is 0.679. The summed E-state index contributed by atoms with van der Waals surface area (Å²) >= 11 is 1.38. The van der Waals surface area contributed by atoms with Gasteiger partial charge in [0.05, 0.1) is 5.75 Å². The number of fused-ring (bicyclic) bond motifs is 1. The number of carbonyl (C=O) groups excluding carboxylic acids is 2. The number of ether oxygens (including phenoxy) is 1. The highest BCUT2D eigenvalue weighted by Crippen LogP contribution is 2.19. The molecule has 0 bridgehead atoms. The number of hydrogen-bond donors (Lipinski definition) is 1. The molecule has 3 aromatic carbocycles. The van der Waals surface area contributed by atoms with Crippen LogP contribution in [0.4, 0.5) is 5.69 Å². The molecule has 0 aliphatic rings. The van der Waals surface area contributed by atoms with E-state index in [9.17, 15) is 9.59 Å². The second-order valence-corrected chi connectivity index (χ2v) is 6.42. The van der Waals surface area contributed by atoms with E-state index in [1.54, 1.807) is 0 Å². The first kappa shape index (κ1) is 17.0. The van der Waals surface area contributed by atoms with Crippen LogP contribution in [0.25, 0.3) is 10.8 Å². The number of carbonyl (C=O) groups is 2. The minimum Gasteiger partial charge on any atom is -0.455 e. The van der Waals surface area contributed by atoms with Crippen molar-refractivity contribution >= 4 is 40.1 Å². The van der Waals surface area contributed by atoms with Crippen LogP contribution >= 0.6 is 11.8 Å². The highest BCUT2D eigenvalue weighted by atomic mass is 32.2. The van der Waals surface area contributed by atoms with Gasteiger partial charge in [-0.25, -0.2) is 0 Å². The Morgan fingerprint density at radius 3 is 2.40 bits per heavy atom. The Balaban J connectivity index is 1.46. The van der Waals surface area contributed by atoms with E-state index in [0.29, 0.717) is 5.69 Å². The van der Waals surface area contributed by atoms with Crippen molar-refractivity contribution in [3.05, 3.63) is 72.8 Å². The van der Waals surface area contributed by atoms with E-state index < -0.39 is 5.97 Å². The first-order valence-corrected chi connectivity index (χ1v) is 8.81. The van der Waals surface area contributed by atoms with Crippen molar-refractivity contribution in [2.45, 2.75) is 4.90 Å². The van der Waals surface area contributed by atoms with Gasteiger partial charge in [0.2, 0.25) is 0 Å². The summed E-state index contributed by atoms with van der Waals surface area (Å²) in [5, 5.41) is 4.88. The fraction of sp³-hybridized carbons (Fsp3) is 0.100. The number of nitrogens with one attached hydrogen (secondary N) is 1. The molecule has 0 aliphatic carbocycles. The first-order chi connectivity index (χ1) is 12.2. The molecular weight excluding hydrogens is 334 g/mol. The normalized spacial score (nSPS) is 10.4. The molecule has 0 atom stereocenters. The van der Waals surface area contributed by atoms with Crippen LogP contribution in [0.2, 0.25) is 0 Å². The van der Waals surface area contributed by atoms with Gasteiger partial charge in [0.1, 0.15) is 0 Å². The molecular formula is C20H17NO3S. The highest BCUT2D eigenvalue weighted by Gasteiger charge is 2.09. The molecule has 3 rings (SSSR count). The standard InChI is InChI=1S/C20H17NO3S/c22-19(13-24-20(23)14-25-18-8-2-1-3-9-18)21-17-11-10-15-6-4-5-7-16(15)12-17/h1-12H,13-14H2,(H,21,22). The molecule has 4 nitrogen and oxygen atoms in total. The third kappa shape index (κ3) is 5.09. The lowest BCUT2D eigenvalue weighted by molar-refractivity contribution is -0.144. The highest BCUT2D eigenvalue weighted by molar-refractivity contribution is 8.00. The van der Waals surface area contributed by atoms with Gasteiger partial charge in [-0.15, -0.1) is 11.8 Å². The largest absolute Gasteiger partial charge is 0.455 e. The average Bonchev–Trinajstić information content (AvgIpc) is 2.65. The van der Waals surface area contributed by atoms with Crippen molar-refractivity contribution in [2.24, 2.45) is 0 Å². The van der Waals surface area contributed by atoms with Gasteiger partial charge in [-0.2, -0.15) is 0 Å². The van der Waals surface area contributed by atoms with Crippen LogP contribution in [0.3, 0.4) is 0 Å². The van der Waals surface area contributed by atoms with Crippen LogP contribution in [-0.2, 0) is 14.3 Å². The molecule has 25 heavy (non-hydrogen) atoms. The van der Waals surface area contributed by atoms with Crippen LogP contribution < -0.4 is 5.32 Å². The summed E-state index contributed by atoms with van der Waals surface area (Å²) in [4.78, 5) is 24.6. The van der Waals surface area contributed by atoms with Gasteiger partial charge in [0.25, 0.3) is 5.91 Å². The molecule has 1 amide bonds. The van der Waals surface area contributed by atoms with Crippen molar-refractivity contribution in [1.82, 2.24) is 0 Å². The lowest BCUT2D eigenvalue weighted by Crippen LogP contribution is -2.21. The SMILES string of the molecule is O=C(COC(=O)CSc1ccccc1)Nc1ccc2ccccc2c1. The second kappa shape index (κ2) is 8.35. The molecule has 0 fully saturated rings. The first-order valence-electron chi connectivity index (χ1n) is 7.83. The zero-order valence-corrected chi connectivity index (χ0v) is 14.3. The van der Waals surface area contributed by atoms with E-state index in [4.69, 9.17) is 4.74 Å². The fourth-order valence-corrected chi connectivity index (χ4v) is 3.03. The van der Waals surface area contributed by atoms with Crippen LogP contribution in [0.15, 0.2) is 77.7 Å². The number of anilines is 1. The fourth-order valence-electron chi connectivity index (χ4n) is 2.31. The van der Waals surface area contributed by atoms with Gasteiger partial charge in [-0.05, 0) is 35.0 Å². The van der Waals surface area contributed by atoms with Crippen LogP contribution in [-0.4, -0.2) is 24.2 Å². The molecule has 0 aliphatic heterocycles. The third-order valence-electron chi connectivity index (χ3n) is 3.50. The molecule has 0 unspecified atom stereocenters. The Kier molecular flexibility index (Phi) is 5.69. The van der Waals surface area contributed by atoms with E-state index in [1.165, 1.54) is 11.8 Å². The van der Waals surface area contributed by atoms with Crippen LogP contribution in [0.5, 0.6) is 0 Å². The number of thioether (sulfide) groups is 1. The Hall–Kier alpha value is -2.79. The van der Waals surface area contributed by atoms with E-state index in [-0.39, 0.29) is 18.3 Å². The smallest absolute Gasteiger partial charge is 0.316 e. The number of hydrogen-bond acceptors (Lipinski definition) is 4. The van der Waals surface area contributed by atoms with Gasteiger partial charge in [0, 0.05) is 10.6 Å². The predicted molar refractivity (Wildman–Crippen MR) is 101 cm³/mol. The molecule has 0 saturated heterocycles. The molecule has 0 heterocycles. The van der Waals surface area contributed by atoms with Gasteiger partial charge in [0.15, 0.2) is 6.61 Å². The Bertz CT molecular complexity index is 880. The Morgan fingerprint density at radius 2 is 1.60 bits per heavy atom. The van der Waals surface area contributed by atoms with Gasteiger partial charge >= 0.3 is 5.97 Å². The molecule has 1 N–H and O–H groups in total. The zero-order valence-electron chi connectivity index (χ0n) is 13.5. The average molecular weight is 351 g/mol. The maximum atomic E-state index is 11.9. The second-order valence-electron chi connectivity index (χ2n) is 5.37. The van der Waals surface area contributed by atoms with E-state index >= 15 is 0 Å². The number of esters is 1.